The van der Waals surface area contributed by atoms with Gasteiger partial charge < -0.3 is 10.1 Å². The minimum absolute atomic E-state index is 0.0801. The third-order valence-corrected chi connectivity index (χ3v) is 7.41. The summed E-state index contributed by atoms with van der Waals surface area (Å²) >= 11 is 6.11. The first kappa shape index (κ1) is 21.9. The van der Waals surface area contributed by atoms with Gasteiger partial charge in [0.15, 0.2) is 0 Å². The van der Waals surface area contributed by atoms with Crippen molar-refractivity contribution < 1.29 is 14.3 Å². The summed E-state index contributed by atoms with van der Waals surface area (Å²) in [6, 6.07) is 15.2. The Balaban J connectivity index is 1.42. The lowest BCUT2D eigenvalue weighted by molar-refractivity contribution is -0.122. The lowest BCUT2D eigenvalue weighted by Crippen LogP contribution is -2.32. The van der Waals surface area contributed by atoms with Crippen molar-refractivity contribution in [2.45, 2.75) is 31.3 Å². The Morgan fingerprint density at radius 3 is 2.37 bits per heavy atom. The fraction of sp³-hybridized carbons (Fsp3) is 0.308. The molecular formula is C26H24ClN5O3. The molecule has 0 radical (unpaired) electrons. The number of imide groups is 1. The Morgan fingerprint density at radius 2 is 1.69 bits per heavy atom. The fourth-order valence-corrected chi connectivity index (χ4v) is 5.50. The summed E-state index contributed by atoms with van der Waals surface area (Å²) in [5, 5.41) is 8.81. The molecule has 1 N–H and O–H groups in total. The van der Waals surface area contributed by atoms with E-state index in [1.54, 1.807) is 11.8 Å². The van der Waals surface area contributed by atoms with E-state index in [0.29, 0.717) is 30.2 Å². The maximum atomic E-state index is 13.2. The fourth-order valence-electron chi connectivity index (χ4n) is 5.37. The number of para-hydroxylation sites is 1. The number of rotatable bonds is 4. The van der Waals surface area contributed by atoms with E-state index in [9.17, 15) is 9.59 Å². The molecular weight excluding hydrogens is 466 g/mol. The molecule has 2 amide bonds. The second-order valence-electron chi connectivity index (χ2n) is 9.09. The zero-order valence-corrected chi connectivity index (χ0v) is 19.9. The highest BCUT2D eigenvalue weighted by molar-refractivity contribution is 6.30. The van der Waals surface area contributed by atoms with E-state index in [2.05, 4.69) is 10.3 Å². The molecule has 1 aromatic heterocycles. The van der Waals surface area contributed by atoms with Crippen molar-refractivity contribution in [3.8, 4) is 5.75 Å². The number of amides is 2. The Labute approximate surface area is 207 Å². The van der Waals surface area contributed by atoms with Crippen LogP contribution in [0.15, 0.2) is 60.7 Å². The summed E-state index contributed by atoms with van der Waals surface area (Å²) in [4.78, 5) is 32.2. The van der Waals surface area contributed by atoms with Crippen molar-refractivity contribution in [1.82, 2.24) is 14.8 Å². The average molecular weight is 490 g/mol. The first-order valence-corrected chi connectivity index (χ1v) is 12.1. The molecule has 0 unspecified atom stereocenters. The average Bonchev–Trinajstić information content (AvgIpc) is 3.42. The third kappa shape index (κ3) is 3.60. The lowest BCUT2D eigenvalue weighted by Gasteiger charge is -2.32. The van der Waals surface area contributed by atoms with Gasteiger partial charge in [-0.25, -0.2) is 9.58 Å². The molecule has 4 atom stereocenters. The number of benzene rings is 2. The number of hydrogen-bond donors (Lipinski definition) is 1. The lowest BCUT2D eigenvalue weighted by atomic mass is 9.85. The molecule has 178 valence electrons. The van der Waals surface area contributed by atoms with Crippen LogP contribution < -0.4 is 15.0 Å². The van der Waals surface area contributed by atoms with Crippen LogP contribution in [0.3, 0.4) is 0 Å². The minimum atomic E-state index is -0.340. The number of ether oxygens (including phenoxy) is 1. The Hall–Kier alpha value is -3.65. The van der Waals surface area contributed by atoms with Crippen molar-refractivity contribution in [3.63, 3.8) is 0 Å². The van der Waals surface area contributed by atoms with Crippen LogP contribution in [0.5, 0.6) is 5.75 Å². The maximum absolute atomic E-state index is 13.2. The first-order chi connectivity index (χ1) is 17.0. The van der Waals surface area contributed by atoms with Crippen LogP contribution in [0.2, 0.25) is 5.02 Å². The molecule has 3 aromatic rings. The number of fused-ring (bicyclic) bond motifs is 2. The van der Waals surface area contributed by atoms with Crippen LogP contribution in [0.1, 0.15) is 42.5 Å². The number of aromatic nitrogens is 3. The van der Waals surface area contributed by atoms with E-state index in [0.717, 1.165) is 16.9 Å². The minimum Gasteiger partial charge on any atom is -0.496 e. The number of allylic oxidation sites excluding steroid dienone is 2. The number of methoxy groups -OCH3 is 1. The number of hydrogen-bond acceptors (Lipinski definition) is 6. The van der Waals surface area contributed by atoms with Crippen LogP contribution in [0.25, 0.3) is 0 Å². The molecule has 1 saturated heterocycles. The largest absolute Gasteiger partial charge is 0.496 e. The molecule has 1 fully saturated rings. The van der Waals surface area contributed by atoms with Gasteiger partial charge in [-0.15, -0.1) is 5.10 Å². The molecule has 2 aromatic carbocycles. The van der Waals surface area contributed by atoms with Gasteiger partial charge in [-0.05, 0) is 43.0 Å². The van der Waals surface area contributed by atoms with Gasteiger partial charge >= 0.3 is 0 Å². The second-order valence-corrected chi connectivity index (χ2v) is 9.53. The van der Waals surface area contributed by atoms with Crippen molar-refractivity contribution in [2.75, 3.05) is 17.3 Å². The van der Waals surface area contributed by atoms with Gasteiger partial charge in [-0.1, -0.05) is 54.1 Å². The molecule has 8 nitrogen and oxygen atoms in total. The number of carbonyl (C=O) groups excluding carboxylic acids is 2. The monoisotopic (exact) mass is 489 g/mol. The smallest absolute Gasteiger partial charge is 0.260 e. The summed E-state index contributed by atoms with van der Waals surface area (Å²) in [5.41, 5.74) is 2.00. The van der Waals surface area contributed by atoms with E-state index in [-0.39, 0.29) is 41.7 Å². The highest BCUT2D eigenvalue weighted by Gasteiger charge is 2.50. The van der Waals surface area contributed by atoms with E-state index < -0.39 is 0 Å². The zero-order chi connectivity index (χ0) is 24.1. The Morgan fingerprint density at radius 1 is 1.00 bits per heavy atom. The number of halogens is 1. The zero-order valence-electron chi connectivity index (χ0n) is 19.1. The molecule has 2 aliphatic heterocycles. The highest BCUT2D eigenvalue weighted by atomic mass is 35.5. The van der Waals surface area contributed by atoms with Crippen molar-refractivity contribution in [1.29, 1.82) is 0 Å². The number of nitrogens with zero attached hydrogens (tertiary/aromatic N) is 4. The van der Waals surface area contributed by atoms with Gasteiger partial charge in [-0.3, -0.25) is 9.59 Å². The number of nitrogens with one attached hydrogen (secondary N) is 1. The standard InChI is InChI=1S/C26H24ClN5O3/c1-35-22-9-5-4-8-19(22)21-14-20(15-10-12-16(27)13-11-15)28-25-29-26(30-32(21)25)31-23(33)17-6-2-3-7-18(17)24(31)34/h2-5,8-13,17-18,20-21H,6-7,14H2,1H3,(H,28,29,30)/t17-,18-,20-,21-/m0/s1. The van der Waals surface area contributed by atoms with E-state index in [1.807, 2.05) is 60.7 Å². The summed E-state index contributed by atoms with van der Waals surface area (Å²) in [7, 11) is 1.64. The van der Waals surface area contributed by atoms with Crippen LogP contribution in [0, 0.1) is 11.8 Å². The molecule has 0 spiro atoms. The second kappa shape index (κ2) is 8.53. The van der Waals surface area contributed by atoms with Crippen LogP contribution in [-0.4, -0.2) is 33.7 Å². The topological polar surface area (TPSA) is 89.3 Å². The van der Waals surface area contributed by atoms with Crippen molar-refractivity contribution in [3.05, 3.63) is 76.8 Å². The summed E-state index contributed by atoms with van der Waals surface area (Å²) in [5.74, 6) is 0.221. The predicted octanol–water partition coefficient (Wildman–Crippen LogP) is 4.54. The maximum Gasteiger partial charge on any atom is 0.260 e. The molecule has 0 bridgehead atoms. The molecule has 9 heteroatoms. The van der Waals surface area contributed by atoms with Gasteiger partial charge in [0, 0.05) is 10.6 Å². The third-order valence-electron chi connectivity index (χ3n) is 7.16. The highest BCUT2D eigenvalue weighted by Crippen LogP contribution is 2.43. The van der Waals surface area contributed by atoms with Crippen molar-refractivity contribution in [2.24, 2.45) is 11.8 Å². The summed E-state index contributed by atoms with van der Waals surface area (Å²) < 4.78 is 7.41. The van der Waals surface area contributed by atoms with Crippen LogP contribution in [0.4, 0.5) is 11.9 Å². The number of carbonyl (C=O) groups is 2. The van der Waals surface area contributed by atoms with Crippen LogP contribution in [-0.2, 0) is 9.59 Å². The molecule has 3 aliphatic rings. The predicted molar refractivity (Wildman–Crippen MR) is 131 cm³/mol. The van der Waals surface area contributed by atoms with Gasteiger partial charge in [0.1, 0.15) is 5.75 Å². The molecule has 0 saturated carbocycles. The Bertz CT molecular complexity index is 1310. The molecule has 1 aliphatic carbocycles. The SMILES string of the molecule is COc1ccccc1[C@@H]1C[C@@H](c2ccc(Cl)cc2)Nc2nc(N3C(=O)[C@H]4CC=CC[C@@H]4C3=O)nn21. The summed E-state index contributed by atoms with van der Waals surface area (Å²) in [6.07, 6.45) is 5.74. The quantitative estimate of drug-likeness (QED) is 0.427. The van der Waals surface area contributed by atoms with E-state index >= 15 is 0 Å². The van der Waals surface area contributed by atoms with Gasteiger partial charge in [0.2, 0.25) is 17.8 Å². The van der Waals surface area contributed by atoms with Gasteiger partial charge in [-0.2, -0.15) is 4.98 Å². The van der Waals surface area contributed by atoms with Crippen LogP contribution >= 0.6 is 11.6 Å². The molecule has 35 heavy (non-hydrogen) atoms. The van der Waals surface area contributed by atoms with Crippen molar-refractivity contribution >= 4 is 35.3 Å². The van der Waals surface area contributed by atoms with Gasteiger partial charge in [0.05, 0.1) is 31.0 Å². The molecule has 6 rings (SSSR count). The van der Waals surface area contributed by atoms with Gasteiger partial charge in [0.25, 0.3) is 5.95 Å². The summed E-state index contributed by atoms with van der Waals surface area (Å²) in [6.45, 7) is 0. The number of anilines is 2. The van der Waals surface area contributed by atoms with E-state index in [1.165, 1.54) is 4.90 Å². The molecule has 3 heterocycles. The first-order valence-electron chi connectivity index (χ1n) is 11.7. The Kier molecular flexibility index (Phi) is 5.33. The van der Waals surface area contributed by atoms with E-state index in [4.69, 9.17) is 21.4 Å². The normalized spacial score (nSPS) is 25.3.